The van der Waals surface area contributed by atoms with E-state index in [0.717, 1.165) is 18.0 Å². The van der Waals surface area contributed by atoms with Gasteiger partial charge < -0.3 is 5.32 Å². The quantitative estimate of drug-likeness (QED) is 0.688. The van der Waals surface area contributed by atoms with E-state index in [1.807, 2.05) is 0 Å². The zero-order valence-corrected chi connectivity index (χ0v) is 9.63. The van der Waals surface area contributed by atoms with Gasteiger partial charge in [-0.05, 0) is 38.5 Å². The lowest BCUT2D eigenvalue weighted by Crippen LogP contribution is -2.54. The van der Waals surface area contributed by atoms with Crippen molar-refractivity contribution in [3.8, 4) is 0 Å². The van der Waals surface area contributed by atoms with Crippen LogP contribution in [0.15, 0.2) is 0 Å². The molecule has 2 aliphatic rings. The molecule has 1 saturated heterocycles. The first-order valence-electron chi connectivity index (χ1n) is 6.24. The molecule has 0 unspecified atom stereocenters. The van der Waals surface area contributed by atoms with Crippen molar-refractivity contribution in [2.75, 3.05) is 19.6 Å². The van der Waals surface area contributed by atoms with Crippen molar-refractivity contribution in [2.24, 2.45) is 5.92 Å². The molecule has 2 fully saturated rings. The third-order valence-corrected chi connectivity index (χ3v) is 4.01. The highest BCUT2D eigenvalue weighted by Gasteiger charge is 2.28. The predicted octanol–water partition coefficient (Wildman–Crippen LogP) is 1.86. The predicted molar refractivity (Wildman–Crippen MR) is 60.5 cm³/mol. The summed E-state index contributed by atoms with van der Waals surface area (Å²) in [5.41, 5.74) is 0. The van der Waals surface area contributed by atoms with E-state index in [1.165, 1.54) is 45.3 Å². The summed E-state index contributed by atoms with van der Waals surface area (Å²) in [6.45, 7) is 8.41. The third kappa shape index (κ3) is 2.29. The van der Waals surface area contributed by atoms with E-state index in [4.69, 9.17) is 0 Å². The van der Waals surface area contributed by atoms with Crippen LogP contribution in [0.3, 0.4) is 0 Å². The summed E-state index contributed by atoms with van der Waals surface area (Å²) in [7, 11) is 0. The standard InChI is InChI=1S/C12H24N2/c1-10-3-5-12(6-4-10)14-8-7-13-9-11(14)2/h10-13H,3-9H2,1-2H3/t10?,11-,12?/m0/s1. The number of hydrogen-bond donors (Lipinski definition) is 1. The summed E-state index contributed by atoms with van der Waals surface area (Å²) in [4.78, 5) is 2.74. The Balaban J connectivity index is 1.87. The van der Waals surface area contributed by atoms with Gasteiger partial charge in [0.05, 0.1) is 0 Å². The topological polar surface area (TPSA) is 15.3 Å². The molecule has 1 N–H and O–H groups in total. The SMILES string of the molecule is CC1CCC(N2CCNC[C@@H]2C)CC1. The Bertz CT molecular complexity index is 173. The molecule has 82 valence electrons. The first-order chi connectivity index (χ1) is 6.77. The van der Waals surface area contributed by atoms with Crippen LogP contribution in [-0.4, -0.2) is 36.6 Å². The summed E-state index contributed by atoms with van der Waals surface area (Å²) < 4.78 is 0. The Morgan fingerprint density at radius 3 is 2.43 bits per heavy atom. The second kappa shape index (κ2) is 4.63. The highest BCUT2D eigenvalue weighted by Crippen LogP contribution is 2.28. The molecule has 1 aliphatic carbocycles. The molecule has 0 radical (unpaired) electrons. The fraction of sp³-hybridized carbons (Fsp3) is 1.00. The fourth-order valence-electron chi connectivity index (χ4n) is 2.97. The second-order valence-corrected chi connectivity index (χ2v) is 5.20. The van der Waals surface area contributed by atoms with Crippen LogP contribution in [0, 0.1) is 5.92 Å². The van der Waals surface area contributed by atoms with Gasteiger partial charge in [0.2, 0.25) is 0 Å². The molecule has 0 bridgehead atoms. The van der Waals surface area contributed by atoms with Gasteiger partial charge in [-0.3, -0.25) is 4.90 Å². The van der Waals surface area contributed by atoms with Gasteiger partial charge in [0.1, 0.15) is 0 Å². The van der Waals surface area contributed by atoms with Gasteiger partial charge in [-0.2, -0.15) is 0 Å². The fourth-order valence-corrected chi connectivity index (χ4v) is 2.97. The average molecular weight is 196 g/mol. The molecule has 1 heterocycles. The Morgan fingerprint density at radius 1 is 1.07 bits per heavy atom. The van der Waals surface area contributed by atoms with Gasteiger partial charge in [0, 0.05) is 31.7 Å². The summed E-state index contributed by atoms with van der Waals surface area (Å²) in [6, 6.07) is 1.64. The summed E-state index contributed by atoms with van der Waals surface area (Å²) in [6.07, 6.45) is 5.76. The minimum absolute atomic E-state index is 0.752. The molecular weight excluding hydrogens is 172 g/mol. The van der Waals surface area contributed by atoms with E-state index in [9.17, 15) is 0 Å². The van der Waals surface area contributed by atoms with E-state index >= 15 is 0 Å². The first-order valence-corrected chi connectivity index (χ1v) is 6.24. The maximum absolute atomic E-state index is 3.47. The van der Waals surface area contributed by atoms with Crippen molar-refractivity contribution in [2.45, 2.75) is 51.6 Å². The van der Waals surface area contributed by atoms with Gasteiger partial charge >= 0.3 is 0 Å². The van der Waals surface area contributed by atoms with Crippen molar-refractivity contribution in [1.29, 1.82) is 0 Å². The molecule has 0 amide bonds. The minimum Gasteiger partial charge on any atom is -0.314 e. The lowest BCUT2D eigenvalue weighted by atomic mass is 9.86. The van der Waals surface area contributed by atoms with Crippen LogP contribution in [0.2, 0.25) is 0 Å². The molecule has 0 aromatic carbocycles. The normalized spacial score (nSPS) is 41.1. The molecule has 0 spiro atoms. The molecule has 2 heteroatoms. The summed E-state index contributed by atoms with van der Waals surface area (Å²) in [5.74, 6) is 0.976. The molecule has 2 rings (SSSR count). The number of piperazine rings is 1. The van der Waals surface area contributed by atoms with Crippen LogP contribution in [0.5, 0.6) is 0 Å². The van der Waals surface area contributed by atoms with E-state index in [1.54, 1.807) is 0 Å². The zero-order chi connectivity index (χ0) is 9.97. The number of hydrogen-bond acceptors (Lipinski definition) is 2. The average Bonchev–Trinajstić information content (AvgIpc) is 2.20. The minimum atomic E-state index is 0.752. The molecule has 14 heavy (non-hydrogen) atoms. The Kier molecular flexibility index (Phi) is 3.45. The van der Waals surface area contributed by atoms with Crippen LogP contribution in [0.1, 0.15) is 39.5 Å². The molecule has 1 saturated carbocycles. The van der Waals surface area contributed by atoms with Crippen LogP contribution < -0.4 is 5.32 Å². The molecule has 0 aromatic rings. The van der Waals surface area contributed by atoms with Gasteiger partial charge in [-0.15, -0.1) is 0 Å². The zero-order valence-electron chi connectivity index (χ0n) is 9.63. The van der Waals surface area contributed by atoms with Crippen molar-refractivity contribution in [3.63, 3.8) is 0 Å². The van der Waals surface area contributed by atoms with Gasteiger partial charge in [-0.25, -0.2) is 0 Å². The van der Waals surface area contributed by atoms with Crippen molar-refractivity contribution in [3.05, 3.63) is 0 Å². The Labute approximate surface area is 88.1 Å². The Hall–Kier alpha value is -0.0800. The summed E-state index contributed by atoms with van der Waals surface area (Å²) >= 11 is 0. The van der Waals surface area contributed by atoms with Crippen LogP contribution in [0.25, 0.3) is 0 Å². The van der Waals surface area contributed by atoms with E-state index < -0.39 is 0 Å². The molecule has 1 aliphatic heterocycles. The van der Waals surface area contributed by atoms with Crippen molar-refractivity contribution >= 4 is 0 Å². The van der Waals surface area contributed by atoms with Crippen LogP contribution in [-0.2, 0) is 0 Å². The monoisotopic (exact) mass is 196 g/mol. The molecule has 2 nitrogen and oxygen atoms in total. The largest absolute Gasteiger partial charge is 0.314 e. The number of nitrogens with zero attached hydrogens (tertiary/aromatic N) is 1. The third-order valence-electron chi connectivity index (χ3n) is 4.01. The van der Waals surface area contributed by atoms with Crippen molar-refractivity contribution < 1.29 is 0 Å². The smallest absolute Gasteiger partial charge is 0.0195 e. The first kappa shape index (κ1) is 10.4. The summed E-state index contributed by atoms with van der Waals surface area (Å²) in [5, 5.41) is 3.47. The maximum atomic E-state index is 3.47. The van der Waals surface area contributed by atoms with Crippen molar-refractivity contribution in [1.82, 2.24) is 10.2 Å². The highest BCUT2D eigenvalue weighted by molar-refractivity contribution is 4.85. The van der Waals surface area contributed by atoms with Gasteiger partial charge in [-0.1, -0.05) is 6.92 Å². The number of nitrogens with one attached hydrogen (secondary N) is 1. The van der Waals surface area contributed by atoms with Crippen LogP contribution >= 0.6 is 0 Å². The highest BCUT2D eigenvalue weighted by atomic mass is 15.2. The molecule has 0 aromatic heterocycles. The number of rotatable bonds is 1. The Morgan fingerprint density at radius 2 is 1.79 bits per heavy atom. The lowest BCUT2D eigenvalue weighted by Gasteiger charge is -2.42. The van der Waals surface area contributed by atoms with Crippen LogP contribution in [0.4, 0.5) is 0 Å². The lowest BCUT2D eigenvalue weighted by molar-refractivity contribution is 0.0818. The molecular formula is C12H24N2. The van der Waals surface area contributed by atoms with Gasteiger partial charge in [0.15, 0.2) is 0 Å². The van der Waals surface area contributed by atoms with E-state index in [0.29, 0.717) is 0 Å². The van der Waals surface area contributed by atoms with E-state index in [2.05, 4.69) is 24.1 Å². The van der Waals surface area contributed by atoms with E-state index in [-0.39, 0.29) is 0 Å². The second-order valence-electron chi connectivity index (χ2n) is 5.20. The molecule has 1 atom stereocenters. The maximum Gasteiger partial charge on any atom is 0.0195 e. The van der Waals surface area contributed by atoms with Gasteiger partial charge in [0.25, 0.3) is 0 Å².